The quantitative estimate of drug-likeness (QED) is 0.767. The number of pyridine rings is 1. The minimum Gasteiger partial charge on any atom is -0.296 e. The Bertz CT molecular complexity index is 587. The molecule has 5 heteroatoms. The van der Waals surface area contributed by atoms with Gasteiger partial charge in [0.15, 0.2) is 17.9 Å². The molecule has 0 spiro atoms. The van der Waals surface area contributed by atoms with E-state index in [2.05, 4.69) is 4.98 Å². The predicted octanol–water partition coefficient (Wildman–Crippen LogP) is 3.49. The maximum atomic E-state index is 13.5. The van der Waals surface area contributed by atoms with E-state index >= 15 is 0 Å². The highest BCUT2D eigenvalue weighted by Gasteiger charge is 2.14. The first kappa shape index (κ1) is 11.7. The van der Waals surface area contributed by atoms with Gasteiger partial charge in [0.1, 0.15) is 5.69 Å². The number of nitrogens with zero attached hydrogens (tertiary/aromatic N) is 1. The van der Waals surface area contributed by atoms with Crippen molar-refractivity contribution in [2.24, 2.45) is 0 Å². The van der Waals surface area contributed by atoms with Crippen LogP contribution in [0.4, 0.5) is 8.78 Å². The number of rotatable bonds is 2. The molecule has 86 valence electrons. The molecule has 0 amide bonds. The Morgan fingerprint density at radius 1 is 1.18 bits per heavy atom. The molecule has 2 nitrogen and oxygen atoms in total. The van der Waals surface area contributed by atoms with Crippen molar-refractivity contribution < 1.29 is 13.6 Å². The van der Waals surface area contributed by atoms with Crippen molar-refractivity contribution in [3.63, 3.8) is 0 Å². The molecule has 0 atom stereocenters. The maximum Gasteiger partial charge on any atom is 0.168 e. The molecule has 0 fully saturated rings. The van der Waals surface area contributed by atoms with E-state index in [0.717, 1.165) is 6.07 Å². The van der Waals surface area contributed by atoms with E-state index in [0.29, 0.717) is 6.29 Å². The van der Waals surface area contributed by atoms with Crippen molar-refractivity contribution in [1.29, 1.82) is 0 Å². The summed E-state index contributed by atoms with van der Waals surface area (Å²) >= 11 is 5.84. The second kappa shape index (κ2) is 4.59. The molecule has 1 aromatic carbocycles. The molecule has 0 unspecified atom stereocenters. The number of carbonyl (C=O) groups excluding carboxylic acids is 1. The van der Waals surface area contributed by atoms with E-state index in [1.165, 1.54) is 24.3 Å². The van der Waals surface area contributed by atoms with Gasteiger partial charge < -0.3 is 0 Å². The SMILES string of the molecule is O=Cc1ccc(Cl)c(-c2cccc(F)c2F)n1. The average Bonchev–Trinajstić information content (AvgIpc) is 2.34. The molecule has 0 aliphatic carbocycles. The molecule has 2 rings (SSSR count). The van der Waals surface area contributed by atoms with Crippen LogP contribution in [0.25, 0.3) is 11.3 Å². The zero-order valence-electron chi connectivity index (χ0n) is 8.45. The number of halogens is 3. The van der Waals surface area contributed by atoms with Crippen LogP contribution >= 0.6 is 11.6 Å². The van der Waals surface area contributed by atoms with Gasteiger partial charge in [-0.2, -0.15) is 0 Å². The summed E-state index contributed by atoms with van der Waals surface area (Å²) in [5.41, 5.74) is 0.0834. The third kappa shape index (κ3) is 2.17. The van der Waals surface area contributed by atoms with Gasteiger partial charge in [0.25, 0.3) is 0 Å². The third-order valence-corrected chi connectivity index (χ3v) is 2.50. The Kier molecular flexibility index (Phi) is 3.15. The number of aldehydes is 1. The Hall–Kier alpha value is -1.81. The summed E-state index contributed by atoms with van der Waals surface area (Å²) in [6.45, 7) is 0. The van der Waals surface area contributed by atoms with Crippen molar-refractivity contribution in [3.8, 4) is 11.3 Å². The lowest BCUT2D eigenvalue weighted by molar-refractivity contribution is 0.111. The standard InChI is InChI=1S/C12H6ClF2NO/c13-9-5-4-7(6-17)16-12(9)8-2-1-3-10(14)11(8)15/h1-6H. The van der Waals surface area contributed by atoms with Crippen LogP contribution in [0, 0.1) is 11.6 Å². The Labute approximate surface area is 101 Å². The molecule has 0 saturated heterocycles. The Morgan fingerprint density at radius 2 is 1.94 bits per heavy atom. The fraction of sp³-hybridized carbons (Fsp3) is 0. The van der Waals surface area contributed by atoms with Crippen LogP contribution in [0.5, 0.6) is 0 Å². The number of aromatic nitrogens is 1. The van der Waals surface area contributed by atoms with E-state index < -0.39 is 11.6 Å². The highest BCUT2D eigenvalue weighted by Crippen LogP contribution is 2.28. The minimum atomic E-state index is -1.04. The molecule has 1 heterocycles. The van der Waals surface area contributed by atoms with Crippen LogP contribution < -0.4 is 0 Å². The van der Waals surface area contributed by atoms with E-state index in [1.54, 1.807) is 0 Å². The molecule has 0 saturated carbocycles. The maximum absolute atomic E-state index is 13.5. The molecule has 0 radical (unpaired) electrons. The molecule has 2 aromatic rings. The molecule has 1 aromatic heterocycles. The Balaban J connectivity index is 2.67. The fourth-order valence-electron chi connectivity index (χ4n) is 1.40. The van der Waals surface area contributed by atoms with E-state index in [4.69, 9.17) is 11.6 Å². The van der Waals surface area contributed by atoms with Crippen molar-refractivity contribution in [3.05, 3.63) is 52.7 Å². The summed E-state index contributed by atoms with van der Waals surface area (Å²) in [6, 6.07) is 6.50. The number of carbonyl (C=O) groups is 1. The predicted molar refractivity (Wildman–Crippen MR) is 60.0 cm³/mol. The highest BCUT2D eigenvalue weighted by molar-refractivity contribution is 6.33. The zero-order valence-corrected chi connectivity index (χ0v) is 9.21. The van der Waals surface area contributed by atoms with Gasteiger partial charge in [0.2, 0.25) is 0 Å². The van der Waals surface area contributed by atoms with Gasteiger partial charge in [-0.15, -0.1) is 0 Å². The smallest absolute Gasteiger partial charge is 0.168 e. The molecule has 0 aliphatic heterocycles. The first-order valence-corrected chi connectivity index (χ1v) is 5.07. The van der Waals surface area contributed by atoms with E-state index in [9.17, 15) is 13.6 Å². The van der Waals surface area contributed by atoms with Crippen LogP contribution in [-0.2, 0) is 0 Å². The fourth-order valence-corrected chi connectivity index (χ4v) is 1.61. The zero-order chi connectivity index (χ0) is 12.4. The van der Waals surface area contributed by atoms with Gasteiger partial charge in [-0.05, 0) is 24.3 Å². The lowest BCUT2D eigenvalue weighted by atomic mass is 10.1. The minimum absolute atomic E-state index is 0.0493. The van der Waals surface area contributed by atoms with E-state index in [1.807, 2.05) is 0 Å². The van der Waals surface area contributed by atoms with Gasteiger partial charge in [0.05, 0.1) is 10.7 Å². The summed E-state index contributed by atoms with van der Waals surface area (Å²) < 4.78 is 26.6. The van der Waals surface area contributed by atoms with Crippen molar-refractivity contribution in [1.82, 2.24) is 4.98 Å². The molecule has 17 heavy (non-hydrogen) atoms. The first-order valence-electron chi connectivity index (χ1n) is 4.69. The molecule has 0 aliphatic rings. The molecule has 0 N–H and O–H groups in total. The van der Waals surface area contributed by atoms with Gasteiger partial charge in [-0.25, -0.2) is 13.8 Å². The first-order chi connectivity index (χ1) is 8.13. The van der Waals surface area contributed by atoms with Gasteiger partial charge in [-0.1, -0.05) is 17.7 Å². The van der Waals surface area contributed by atoms with Crippen molar-refractivity contribution in [2.45, 2.75) is 0 Å². The summed E-state index contributed by atoms with van der Waals surface area (Å²) in [5.74, 6) is -2.03. The number of hydrogen-bond donors (Lipinski definition) is 0. The summed E-state index contributed by atoms with van der Waals surface area (Å²) in [4.78, 5) is 14.4. The summed E-state index contributed by atoms with van der Waals surface area (Å²) in [6.07, 6.45) is 0.511. The average molecular weight is 254 g/mol. The van der Waals surface area contributed by atoms with Crippen LogP contribution in [0.1, 0.15) is 10.5 Å². The van der Waals surface area contributed by atoms with Crippen molar-refractivity contribution >= 4 is 17.9 Å². The van der Waals surface area contributed by atoms with Crippen LogP contribution in [-0.4, -0.2) is 11.3 Å². The Morgan fingerprint density at radius 3 is 2.65 bits per heavy atom. The van der Waals surface area contributed by atoms with Crippen molar-refractivity contribution in [2.75, 3.05) is 0 Å². The highest BCUT2D eigenvalue weighted by atomic mass is 35.5. The van der Waals surface area contributed by atoms with Gasteiger partial charge >= 0.3 is 0 Å². The molecular formula is C12H6ClF2NO. The molecule has 0 bridgehead atoms. The lowest BCUT2D eigenvalue weighted by Gasteiger charge is -2.06. The number of hydrogen-bond acceptors (Lipinski definition) is 2. The topological polar surface area (TPSA) is 30.0 Å². The second-order valence-corrected chi connectivity index (χ2v) is 3.69. The second-order valence-electron chi connectivity index (χ2n) is 3.29. The normalized spacial score (nSPS) is 10.3. The van der Waals surface area contributed by atoms with Crippen LogP contribution in [0.2, 0.25) is 5.02 Å². The molecular weight excluding hydrogens is 248 g/mol. The van der Waals surface area contributed by atoms with E-state index in [-0.39, 0.29) is 22.0 Å². The summed E-state index contributed by atoms with van der Waals surface area (Å²) in [7, 11) is 0. The monoisotopic (exact) mass is 253 g/mol. The lowest BCUT2D eigenvalue weighted by Crippen LogP contribution is -1.95. The van der Waals surface area contributed by atoms with Gasteiger partial charge in [0, 0.05) is 5.56 Å². The van der Waals surface area contributed by atoms with Crippen LogP contribution in [0.3, 0.4) is 0 Å². The largest absolute Gasteiger partial charge is 0.296 e. The van der Waals surface area contributed by atoms with Crippen LogP contribution in [0.15, 0.2) is 30.3 Å². The van der Waals surface area contributed by atoms with Gasteiger partial charge in [-0.3, -0.25) is 4.79 Å². The number of benzene rings is 1. The third-order valence-electron chi connectivity index (χ3n) is 2.20. The summed E-state index contributed by atoms with van der Waals surface area (Å²) in [5, 5.41) is 0.153.